The molecule has 0 fully saturated rings. The molecule has 1 N–H and O–H groups in total. The first kappa shape index (κ1) is 10.5. The van der Waals surface area contributed by atoms with Gasteiger partial charge < -0.3 is 14.6 Å². The Hall–Kier alpha value is -2.04. The Bertz CT molecular complexity index is 507. The van der Waals surface area contributed by atoms with E-state index in [0.29, 0.717) is 0 Å². The highest BCUT2D eigenvalue weighted by Gasteiger charge is 2.08. The van der Waals surface area contributed by atoms with E-state index in [0.717, 1.165) is 16.7 Å². The second-order valence-corrected chi connectivity index (χ2v) is 3.54. The van der Waals surface area contributed by atoms with Gasteiger partial charge in [0.05, 0.1) is 24.5 Å². The minimum atomic E-state index is -0.257. The lowest BCUT2D eigenvalue weighted by atomic mass is 10.2. The highest BCUT2D eigenvalue weighted by atomic mass is 16.5. The van der Waals surface area contributed by atoms with Crippen molar-refractivity contribution >= 4 is 22.7 Å². The number of benzene rings is 1. The number of methoxy groups -OCH3 is 1. The standard InChI is InChI=1S/C11H13N3O2/c1-14(6-11(15)16-2)8-3-4-9-10(5-8)13-7-12-9/h3-5,7H,6H2,1-2H3,(H,12,13). The van der Waals surface area contributed by atoms with Crippen molar-refractivity contribution in [3.63, 3.8) is 0 Å². The Morgan fingerprint density at radius 2 is 2.38 bits per heavy atom. The summed E-state index contributed by atoms with van der Waals surface area (Å²) in [4.78, 5) is 20.1. The van der Waals surface area contributed by atoms with Crippen molar-refractivity contribution in [2.45, 2.75) is 0 Å². The van der Waals surface area contributed by atoms with Gasteiger partial charge in [-0.25, -0.2) is 4.98 Å². The average molecular weight is 219 g/mol. The zero-order chi connectivity index (χ0) is 11.5. The van der Waals surface area contributed by atoms with E-state index in [1.807, 2.05) is 30.1 Å². The van der Waals surface area contributed by atoms with Gasteiger partial charge in [-0.3, -0.25) is 4.79 Å². The molecule has 0 radical (unpaired) electrons. The maximum atomic E-state index is 11.1. The third-order valence-electron chi connectivity index (χ3n) is 2.44. The van der Waals surface area contributed by atoms with Crippen LogP contribution >= 0.6 is 0 Å². The first-order chi connectivity index (χ1) is 7.70. The third kappa shape index (κ3) is 1.98. The summed E-state index contributed by atoms with van der Waals surface area (Å²) < 4.78 is 4.61. The quantitative estimate of drug-likeness (QED) is 0.787. The molecule has 0 aliphatic rings. The molecular weight excluding hydrogens is 206 g/mol. The van der Waals surface area contributed by atoms with Crippen LogP contribution in [0.1, 0.15) is 0 Å². The number of anilines is 1. The lowest BCUT2D eigenvalue weighted by Crippen LogP contribution is -2.26. The number of hydrogen-bond donors (Lipinski definition) is 1. The maximum absolute atomic E-state index is 11.1. The van der Waals surface area contributed by atoms with Crippen LogP contribution < -0.4 is 4.90 Å². The summed E-state index contributed by atoms with van der Waals surface area (Å²) in [6.45, 7) is 0.232. The van der Waals surface area contributed by atoms with Crippen molar-refractivity contribution < 1.29 is 9.53 Å². The normalized spacial score (nSPS) is 10.4. The maximum Gasteiger partial charge on any atom is 0.325 e. The summed E-state index contributed by atoms with van der Waals surface area (Å²) in [5, 5.41) is 0. The fourth-order valence-corrected chi connectivity index (χ4v) is 1.51. The predicted molar refractivity (Wildman–Crippen MR) is 61.4 cm³/mol. The number of fused-ring (bicyclic) bond motifs is 1. The molecule has 5 nitrogen and oxygen atoms in total. The van der Waals surface area contributed by atoms with Crippen LogP contribution in [0.25, 0.3) is 11.0 Å². The summed E-state index contributed by atoms with van der Waals surface area (Å²) in [6, 6.07) is 5.78. The van der Waals surface area contributed by atoms with Crippen molar-refractivity contribution in [3.05, 3.63) is 24.5 Å². The minimum Gasteiger partial charge on any atom is -0.468 e. The van der Waals surface area contributed by atoms with Crippen molar-refractivity contribution in [1.29, 1.82) is 0 Å². The number of likely N-dealkylation sites (N-methyl/N-ethyl adjacent to an activating group) is 1. The lowest BCUT2D eigenvalue weighted by Gasteiger charge is -2.17. The fourth-order valence-electron chi connectivity index (χ4n) is 1.51. The Morgan fingerprint density at radius 1 is 1.56 bits per heavy atom. The number of H-pyrrole nitrogens is 1. The monoisotopic (exact) mass is 219 g/mol. The number of aromatic nitrogens is 2. The molecule has 5 heteroatoms. The third-order valence-corrected chi connectivity index (χ3v) is 2.44. The number of ether oxygens (including phenoxy) is 1. The van der Waals surface area contributed by atoms with Gasteiger partial charge in [0.2, 0.25) is 0 Å². The van der Waals surface area contributed by atoms with E-state index in [1.165, 1.54) is 7.11 Å². The molecule has 1 aromatic carbocycles. The number of carbonyl (C=O) groups is 1. The SMILES string of the molecule is COC(=O)CN(C)c1ccc2nc[nH]c2c1. The number of aromatic amines is 1. The minimum absolute atomic E-state index is 0.232. The molecule has 0 aliphatic carbocycles. The van der Waals surface area contributed by atoms with Gasteiger partial charge in [-0.1, -0.05) is 0 Å². The van der Waals surface area contributed by atoms with E-state index in [1.54, 1.807) is 6.33 Å². The summed E-state index contributed by atoms with van der Waals surface area (Å²) in [6.07, 6.45) is 1.65. The number of hydrogen-bond acceptors (Lipinski definition) is 4. The second kappa shape index (κ2) is 4.22. The number of nitrogens with one attached hydrogen (secondary N) is 1. The molecule has 0 spiro atoms. The van der Waals surface area contributed by atoms with Gasteiger partial charge in [0, 0.05) is 12.7 Å². The van der Waals surface area contributed by atoms with Gasteiger partial charge in [0.15, 0.2) is 0 Å². The molecule has 2 aromatic rings. The van der Waals surface area contributed by atoms with Crippen molar-refractivity contribution in [2.24, 2.45) is 0 Å². The summed E-state index contributed by atoms with van der Waals surface area (Å²) >= 11 is 0. The molecule has 0 unspecified atom stereocenters. The van der Waals surface area contributed by atoms with Gasteiger partial charge in [0.1, 0.15) is 6.54 Å². The van der Waals surface area contributed by atoms with Crippen molar-refractivity contribution in [3.8, 4) is 0 Å². The topological polar surface area (TPSA) is 58.2 Å². The van der Waals surface area contributed by atoms with Crippen LogP contribution in [0.5, 0.6) is 0 Å². The molecule has 0 amide bonds. The number of esters is 1. The van der Waals surface area contributed by atoms with E-state index in [-0.39, 0.29) is 12.5 Å². The Labute approximate surface area is 93.0 Å². The molecule has 1 heterocycles. The van der Waals surface area contributed by atoms with E-state index in [2.05, 4.69) is 14.7 Å². The highest BCUT2D eigenvalue weighted by Crippen LogP contribution is 2.18. The number of carbonyl (C=O) groups excluding carboxylic acids is 1. The molecule has 0 saturated heterocycles. The first-order valence-electron chi connectivity index (χ1n) is 4.92. The van der Waals surface area contributed by atoms with Crippen LogP contribution in [0.15, 0.2) is 24.5 Å². The second-order valence-electron chi connectivity index (χ2n) is 3.54. The van der Waals surface area contributed by atoms with Gasteiger partial charge in [-0.05, 0) is 18.2 Å². The average Bonchev–Trinajstić information content (AvgIpc) is 2.75. The molecule has 84 valence electrons. The Kier molecular flexibility index (Phi) is 2.76. The zero-order valence-electron chi connectivity index (χ0n) is 9.23. The molecule has 16 heavy (non-hydrogen) atoms. The molecule has 0 aliphatic heterocycles. The summed E-state index contributed by atoms with van der Waals surface area (Å²) in [7, 11) is 3.22. The number of nitrogens with zero attached hydrogens (tertiary/aromatic N) is 2. The van der Waals surface area contributed by atoms with Crippen LogP contribution in [0.4, 0.5) is 5.69 Å². The fraction of sp³-hybridized carbons (Fsp3) is 0.273. The molecule has 0 atom stereocenters. The van der Waals surface area contributed by atoms with Crippen LogP contribution in [-0.4, -0.2) is 36.6 Å². The van der Waals surface area contributed by atoms with E-state index in [9.17, 15) is 4.79 Å². The molecule has 1 aromatic heterocycles. The van der Waals surface area contributed by atoms with E-state index < -0.39 is 0 Å². The smallest absolute Gasteiger partial charge is 0.325 e. The van der Waals surface area contributed by atoms with Gasteiger partial charge >= 0.3 is 5.97 Å². The van der Waals surface area contributed by atoms with Gasteiger partial charge in [0.25, 0.3) is 0 Å². The van der Waals surface area contributed by atoms with Gasteiger partial charge in [-0.15, -0.1) is 0 Å². The van der Waals surface area contributed by atoms with Crippen LogP contribution in [-0.2, 0) is 9.53 Å². The lowest BCUT2D eigenvalue weighted by molar-refractivity contribution is -0.138. The Balaban J connectivity index is 2.22. The van der Waals surface area contributed by atoms with E-state index >= 15 is 0 Å². The number of imidazole rings is 1. The largest absolute Gasteiger partial charge is 0.468 e. The zero-order valence-corrected chi connectivity index (χ0v) is 9.23. The van der Waals surface area contributed by atoms with Gasteiger partial charge in [-0.2, -0.15) is 0 Å². The van der Waals surface area contributed by atoms with Crippen LogP contribution in [0.2, 0.25) is 0 Å². The van der Waals surface area contributed by atoms with Crippen molar-refractivity contribution in [2.75, 3.05) is 25.6 Å². The van der Waals surface area contributed by atoms with Crippen LogP contribution in [0, 0.1) is 0 Å². The van der Waals surface area contributed by atoms with E-state index in [4.69, 9.17) is 0 Å². The number of rotatable bonds is 3. The molecule has 0 saturated carbocycles. The molecule has 0 bridgehead atoms. The summed E-state index contributed by atoms with van der Waals surface area (Å²) in [5.74, 6) is -0.257. The molecule has 2 rings (SSSR count). The predicted octanol–water partition coefficient (Wildman–Crippen LogP) is 1.17. The Morgan fingerprint density at radius 3 is 3.12 bits per heavy atom. The van der Waals surface area contributed by atoms with Crippen LogP contribution in [0.3, 0.4) is 0 Å². The molecular formula is C11H13N3O2. The van der Waals surface area contributed by atoms with Crippen molar-refractivity contribution in [1.82, 2.24) is 9.97 Å². The first-order valence-corrected chi connectivity index (χ1v) is 4.92. The highest BCUT2D eigenvalue weighted by molar-refractivity contribution is 5.81. The summed E-state index contributed by atoms with van der Waals surface area (Å²) in [5.41, 5.74) is 2.81.